The Morgan fingerprint density at radius 1 is 1.17 bits per heavy atom. The number of amides is 1. The van der Waals surface area contributed by atoms with E-state index in [2.05, 4.69) is 10.0 Å². The second kappa shape index (κ2) is 5.88. The Labute approximate surface area is 146 Å². The van der Waals surface area contributed by atoms with Crippen LogP contribution in [0.1, 0.15) is 25.0 Å². The lowest BCUT2D eigenvalue weighted by molar-refractivity contribution is -0.119. The predicted molar refractivity (Wildman–Crippen MR) is 93.6 cm³/mol. The molecule has 0 saturated heterocycles. The molecule has 1 aliphatic heterocycles. The van der Waals surface area contributed by atoms with E-state index in [1.807, 2.05) is 0 Å². The quantitative estimate of drug-likeness (QED) is 0.875. The summed E-state index contributed by atoms with van der Waals surface area (Å²) in [7, 11) is -3.71. The zero-order valence-electron chi connectivity index (χ0n) is 13.3. The van der Waals surface area contributed by atoms with Crippen molar-refractivity contribution in [3.8, 4) is 0 Å². The number of fused-ring (bicyclic) bond motifs is 1. The topological polar surface area (TPSA) is 75.3 Å². The van der Waals surface area contributed by atoms with Crippen LogP contribution < -0.4 is 10.0 Å². The van der Waals surface area contributed by atoms with Crippen LogP contribution in [0, 0.1) is 0 Å². The summed E-state index contributed by atoms with van der Waals surface area (Å²) in [6.07, 6.45) is 0. The van der Waals surface area contributed by atoms with Gasteiger partial charge in [-0.15, -0.1) is 0 Å². The molecule has 0 unspecified atom stereocenters. The number of carbonyl (C=O) groups is 1. The third-order valence-electron chi connectivity index (χ3n) is 4.20. The van der Waals surface area contributed by atoms with Crippen molar-refractivity contribution in [3.05, 3.63) is 58.6 Å². The monoisotopic (exact) mass is 364 g/mol. The van der Waals surface area contributed by atoms with Gasteiger partial charge in [0, 0.05) is 17.3 Å². The Balaban J connectivity index is 1.88. The second-order valence-corrected chi connectivity index (χ2v) is 8.38. The second-order valence-electron chi connectivity index (χ2n) is 6.20. The molecule has 1 aliphatic rings. The van der Waals surface area contributed by atoms with Crippen LogP contribution in [0.5, 0.6) is 0 Å². The van der Waals surface area contributed by atoms with Gasteiger partial charge in [0.1, 0.15) is 0 Å². The third kappa shape index (κ3) is 2.92. The van der Waals surface area contributed by atoms with Crippen LogP contribution in [-0.2, 0) is 26.8 Å². The molecule has 126 valence electrons. The molecule has 1 amide bonds. The van der Waals surface area contributed by atoms with E-state index in [4.69, 9.17) is 11.6 Å². The van der Waals surface area contributed by atoms with Gasteiger partial charge in [-0.1, -0.05) is 29.8 Å². The minimum absolute atomic E-state index is 0.0969. The average molecular weight is 365 g/mol. The predicted octanol–water partition coefficient (Wildman–Crippen LogP) is 3.05. The molecule has 3 rings (SSSR count). The van der Waals surface area contributed by atoms with Gasteiger partial charge in [-0.2, -0.15) is 0 Å². The Hall–Kier alpha value is -1.89. The summed E-state index contributed by atoms with van der Waals surface area (Å²) in [5.74, 6) is -0.143. The fourth-order valence-corrected chi connectivity index (χ4v) is 3.85. The molecule has 0 fully saturated rings. The van der Waals surface area contributed by atoms with Crippen molar-refractivity contribution < 1.29 is 13.2 Å². The SMILES string of the molecule is CC1(C)C(=O)Nc2ccc(S(=O)(=O)NCc3ccccc3Cl)cc21. The minimum atomic E-state index is -3.71. The van der Waals surface area contributed by atoms with Gasteiger partial charge in [0.05, 0.1) is 10.3 Å². The van der Waals surface area contributed by atoms with E-state index in [0.29, 0.717) is 21.8 Å². The Morgan fingerprint density at radius 2 is 1.88 bits per heavy atom. The molecular weight excluding hydrogens is 348 g/mol. The van der Waals surface area contributed by atoms with Crippen molar-refractivity contribution in [3.63, 3.8) is 0 Å². The molecule has 0 bridgehead atoms. The number of rotatable bonds is 4. The molecule has 2 aromatic carbocycles. The van der Waals surface area contributed by atoms with E-state index in [-0.39, 0.29) is 17.3 Å². The highest BCUT2D eigenvalue weighted by Crippen LogP contribution is 2.38. The summed E-state index contributed by atoms with van der Waals surface area (Å²) in [6.45, 7) is 3.63. The molecule has 24 heavy (non-hydrogen) atoms. The van der Waals surface area contributed by atoms with Gasteiger partial charge >= 0.3 is 0 Å². The number of anilines is 1. The number of halogens is 1. The van der Waals surface area contributed by atoms with Gasteiger partial charge in [-0.25, -0.2) is 13.1 Å². The molecule has 2 aromatic rings. The number of nitrogens with one attached hydrogen (secondary N) is 2. The van der Waals surface area contributed by atoms with Crippen molar-refractivity contribution in [1.82, 2.24) is 4.72 Å². The maximum absolute atomic E-state index is 12.5. The minimum Gasteiger partial charge on any atom is -0.325 e. The van der Waals surface area contributed by atoms with Gasteiger partial charge in [0.2, 0.25) is 15.9 Å². The van der Waals surface area contributed by atoms with Crippen LogP contribution in [0.4, 0.5) is 5.69 Å². The maximum Gasteiger partial charge on any atom is 0.240 e. The lowest BCUT2D eigenvalue weighted by Crippen LogP contribution is -2.27. The van der Waals surface area contributed by atoms with Crippen molar-refractivity contribution in [1.29, 1.82) is 0 Å². The van der Waals surface area contributed by atoms with E-state index < -0.39 is 15.4 Å². The smallest absolute Gasteiger partial charge is 0.240 e. The van der Waals surface area contributed by atoms with Crippen LogP contribution >= 0.6 is 11.6 Å². The normalized spacial score (nSPS) is 15.9. The maximum atomic E-state index is 12.5. The zero-order chi connectivity index (χ0) is 17.5. The summed E-state index contributed by atoms with van der Waals surface area (Å²) in [5, 5.41) is 3.26. The molecule has 0 saturated carbocycles. The van der Waals surface area contributed by atoms with E-state index >= 15 is 0 Å². The largest absolute Gasteiger partial charge is 0.325 e. The van der Waals surface area contributed by atoms with Crippen molar-refractivity contribution in [2.75, 3.05) is 5.32 Å². The summed E-state index contributed by atoms with van der Waals surface area (Å²) < 4.78 is 27.6. The highest BCUT2D eigenvalue weighted by molar-refractivity contribution is 7.89. The Morgan fingerprint density at radius 3 is 2.58 bits per heavy atom. The Kier molecular flexibility index (Phi) is 4.15. The molecule has 0 spiro atoms. The van der Waals surface area contributed by atoms with Gasteiger partial charge in [0.15, 0.2) is 0 Å². The number of benzene rings is 2. The molecule has 1 heterocycles. The zero-order valence-corrected chi connectivity index (χ0v) is 14.8. The van der Waals surface area contributed by atoms with Crippen molar-refractivity contribution in [2.24, 2.45) is 0 Å². The van der Waals surface area contributed by atoms with E-state index in [1.54, 1.807) is 50.2 Å². The van der Waals surface area contributed by atoms with Crippen molar-refractivity contribution in [2.45, 2.75) is 30.7 Å². The summed E-state index contributed by atoms with van der Waals surface area (Å²) in [5.41, 5.74) is 1.26. The van der Waals surface area contributed by atoms with Gasteiger partial charge < -0.3 is 5.32 Å². The number of hydrogen-bond acceptors (Lipinski definition) is 3. The third-order valence-corrected chi connectivity index (χ3v) is 5.97. The molecule has 0 aliphatic carbocycles. The fourth-order valence-electron chi connectivity index (χ4n) is 2.62. The van der Waals surface area contributed by atoms with E-state index in [1.165, 1.54) is 6.07 Å². The number of hydrogen-bond donors (Lipinski definition) is 2. The summed E-state index contributed by atoms with van der Waals surface area (Å²) >= 11 is 6.05. The molecule has 2 N–H and O–H groups in total. The standard InChI is InChI=1S/C17H17ClN2O3S/c1-17(2)13-9-12(7-8-15(13)20-16(17)21)24(22,23)19-10-11-5-3-4-6-14(11)18/h3-9,19H,10H2,1-2H3,(H,20,21). The first kappa shape index (κ1) is 17.0. The molecule has 7 heteroatoms. The highest BCUT2D eigenvalue weighted by Gasteiger charge is 2.39. The molecule has 0 aromatic heterocycles. The first-order chi connectivity index (χ1) is 11.2. The first-order valence-corrected chi connectivity index (χ1v) is 9.27. The molecule has 0 atom stereocenters. The molecule has 0 radical (unpaired) electrons. The lowest BCUT2D eigenvalue weighted by Gasteiger charge is -2.16. The summed E-state index contributed by atoms with van der Waals surface area (Å²) in [4.78, 5) is 12.1. The highest BCUT2D eigenvalue weighted by atomic mass is 35.5. The van der Waals surface area contributed by atoms with E-state index in [0.717, 1.165) is 0 Å². The Bertz CT molecular complexity index is 923. The summed E-state index contributed by atoms with van der Waals surface area (Å²) in [6, 6.07) is 11.7. The van der Waals surface area contributed by atoms with Crippen LogP contribution in [0.2, 0.25) is 5.02 Å². The fraction of sp³-hybridized carbons (Fsp3) is 0.235. The van der Waals surface area contributed by atoms with Crippen LogP contribution in [0.25, 0.3) is 0 Å². The number of carbonyl (C=O) groups excluding carboxylic acids is 1. The molecule has 5 nitrogen and oxygen atoms in total. The van der Waals surface area contributed by atoms with Crippen LogP contribution in [0.3, 0.4) is 0 Å². The molecular formula is C17H17ClN2O3S. The first-order valence-electron chi connectivity index (χ1n) is 7.41. The number of sulfonamides is 1. The van der Waals surface area contributed by atoms with Crippen molar-refractivity contribution >= 4 is 33.2 Å². The lowest BCUT2D eigenvalue weighted by atomic mass is 9.86. The van der Waals surface area contributed by atoms with Crippen LogP contribution in [0.15, 0.2) is 47.4 Å². The van der Waals surface area contributed by atoms with E-state index in [9.17, 15) is 13.2 Å². The van der Waals surface area contributed by atoms with Gasteiger partial charge in [-0.05, 0) is 49.2 Å². The van der Waals surface area contributed by atoms with Gasteiger partial charge in [-0.3, -0.25) is 4.79 Å². The van der Waals surface area contributed by atoms with Crippen LogP contribution in [-0.4, -0.2) is 14.3 Å². The van der Waals surface area contributed by atoms with Gasteiger partial charge in [0.25, 0.3) is 0 Å². The average Bonchev–Trinajstić information content (AvgIpc) is 2.76.